The molecule has 3 rings (SSSR count). The van der Waals surface area contributed by atoms with Crippen LogP contribution < -0.4 is 10.2 Å². The maximum atomic E-state index is 12.0. The Bertz CT molecular complexity index is 895. The van der Waals surface area contributed by atoms with E-state index in [9.17, 15) is 14.9 Å². The minimum absolute atomic E-state index is 0.110. The molecule has 10 nitrogen and oxygen atoms in total. The van der Waals surface area contributed by atoms with Crippen molar-refractivity contribution in [3.05, 3.63) is 46.3 Å². The molecule has 1 aromatic carbocycles. The number of aromatic nitrogens is 2. The Morgan fingerprint density at radius 1 is 1.20 bits per heavy atom. The minimum atomic E-state index is -0.465. The average molecular weight is 414 g/mol. The van der Waals surface area contributed by atoms with Crippen molar-refractivity contribution in [1.82, 2.24) is 14.9 Å². The van der Waals surface area contributed by atoms with Crippen molar-refractivity contribution < 1.29 is 14.5 Å². The molecule has 1 N–H and O–H groups in total. The van der Waals surface area contributed by atoms with Crippen LogP contribution in [-0.4, -0.2) is 65.6 Å². The Labute approximate surface area is 175 Å². The lowest BCUT2D eigenvalue weighted by Gasteiger charge is -2.32. The van der Waals surface area contributed by atoms with Crippen molar-refractivity contribution in [2.45, 2.75) is 13.8 Å². The molecule has 0 saturated carbocycles. The molecule has 160 valence electrons. The lowest BCUT2D eigenvalue weighted by molar-refractivity contribution is -0.383. The Morgan fingerprint density at radius 3 is 2.47 bits per heavy atom. The zero-order chi connectivity index (χ0) is 21.7. The second-order valence-electron chi connectivity index (χ2n) is 7.64. The number of hydrogen-bond acceptors (Lipinski definition) is 9. The number of nitro groups is 1. The number of carbonyl (C=O) groups is 1. The van der Waals surface area contributed by atoms with Crippen LogP contribution in [0.15, 0.2) is 30.6 Å². The van der Waals surface area contributed by atoms with E-state index in [0.717, 1.165) is 13.1 Å². The standard InChI is InChI=1S/C20H26N6O4/c1-14(2)12-30-20(27)15-4-6-16(7-5-15)23-18-17(26(28)29)19(22-13-21-18)25-10-8-24(3)9-11-25/h4-7,13-14H,8-12H2,1-3H3,(H,21,22,23). The molecule has 0 atom stereocenters. The van der Waals surface area contributed by atoms with Gasteiger partial charge in [0.25, 0.3) is 0 Å². The molecule has 0 unspecified atom stereocenters. The number of rotatable bonds is 7. The smallest absolute Gasteiger partial charge is 0.353 e. The van der Waals surface area contributed by atoms with Gasteiger partial charge in [0.1, 0.15) is 6.33 Å². The Hall–Kier alpha value is -3.27. The van der Waals surface area contributed by atoms with Crippen molar-refractivity contribution >= 4 is 29.0 Å². The van der Waals surface area contributed by atoms with Crippen molar-refractivity contribution in [2.75, 3.05) is 50.1 Å². The van der Waals surface area contributed by atoms with Gasteiger partial charge in [0.2, 0.25) is 11.6 Å². The Kier molecular flexibility index (Phi) is 6.78. The van der Waals surface area contributed by atoms with E-state index in [1.807, 2.05) is 25.8 Å². The van der Waals surface area contributed by atoms with Crippen LogP contribution in [0.25, 0.3) is 0 Å². The summed E-state index contributed by atoms with van der Waals surface area (Å²) >= 11 is 0. The molecule has 0 aliphatic carbocycles. The SMILES string of the molecule is CC(C)COC(=O)c1ccc(Nc2ncnc(N3CCN(C)CC3)c2[N+](=O)[O-])cc1. The van der Waals surface area contributed by atoms with Crippen LogP contribution in [0.2, 0.25) is 0 Å². The number of anilines is 3. The molecule has 0 radical (unpaired) electrons. The summed E-state index contributed by atoms with van der Waals surface area (Å²) in [6.45, 7) is 7.19. The Morgan fingerprint density at radius 2 is 1.87 bits per heavy atom. The molecule has 2 heterocycles. The van der Waals surface area contributed by atoms with Crippen LogP contribution in [0, 0.1) is 16.0 Å². The summed E-state index contributed by atoms with van der Waals surface area (Å²) in [5.41, 5.74) is 0.820. The highest BCUT2D eigenvalue weighted by atomic mass is 16.6. The zero-order valence-corrected chi connectivity index (χ0v) is 17.4. The molecule has 1 aromatic heterocycles. The van der Waals surface area contributed by atoms with E-state index in [1.165, 1.54) is 6.33 Å². The van der Waals surface area contributed by atoms with E-state index in [4.69, 9.17) is 4.74 Å². The number of piperazine rings is 1. The predicted molar refractivity (Wildman–Crippen MR) is 113 cm³/mol. The zero-order valence-electron chi connectivity index (χ0n) is 17.4. The lowest BCUT2D eigenvalue weighted by Crippen LogP contribution is -2.45. The summed E-state index contributed by atoms with van der Waals surface area (Å²) in [4.78, 5) is 35.7. The third kappa shape index (κ3) is 5.20. The number of ether oxygens (including phenoxy) is 1. The van der Waals surface area contributed by atoms with Crippen molar-refractivity contribution in [2.24, 2.45) is 5.92 Å². The minimum Gasteiger partial charge on any atom is -0.462 e. The molecular formula is C20H26N6O4. The van der Waals surface area contributed by atoms with Gasteiger partial charge in [-0.2, -0.15) is 0 Å². The second-order valence-corrected chi connectivity index (χ2v) is 7.64. The summed E-state index contributed by atoms with van der Waals surface area (Å²) in [6, 6.07) is 6.54. The topological polar surface area (TPSA) is 114 Å². The molecule has 1 aliphatic heterocycles. The summed E-state index contributed by atoms with van der Waals surface area (Å²) in [6.07, 6.45) is 1.32. The monoisotopic (exact) mass is 414 g/mol. The van der Waals surface area contributed by atoms with Gasteiger partial charge in [0, 0.05) is 31.9 Å². The van der Waals surface area contributed by atoms with E-state index >= 15 is 0 Å². The predicted octanol–water partition coefficient (Wildman–Crippen LogP) is 2.69. The molecule has 1 aliphatic rings. The summed E-state index contributed by atoms with van der Waals surface area (Å²) < 4.78 is 5.21. The molecule has 30 heavy (non-hydrogen) atoms. The molecular weight excluding hydrogens is 388 g/mol. The normalized spacial score (nSPS) is 14.6. The lowest BCUT2D eigenvalue weighted by atomic mass is 10.2. The van der Waals surface area contributed by atoms with E-state index in [2.05, 4.69) is 20.2 Å². The van der Waals surface area contributed by atoms with Gasteiger partial charge in [-0.05, 0) is 37.2 Å². The fraction of sp³-hybridized carbons (Fsp3) is 0.450. The first kappa shape index (κ1) is 21.4. The van der Waals surface area contributed by atoms with E-state index in [1.54, 1.807) is 24.3 Å². The number of nitrogens with one attached hydrogen (secondary N) is 1. The highest BCUT2D eigenvalue weighted by Crippen LogP contribution is 2.34. The van der Waals surface area contributed by atoms with E-state index < -0.39 is 10.9 Å². The number of esters is 1. The molecule has 2 aromatic rings. The molecule has 1 fully saturated rings. The van der Waals surface area contributed by atoms with Gasteiger partial charge >= 0.3 is 11.7 Å². The van der Waals surface area contributed by atoms with Crippen LogP contribution in [0.4, 0.5) is 23.0 Å². The number of benzene rings is 1. The molecule has 0 bridgehead atoms. The molecule has 0 spiro atoms. The van der Waals surface area contributed by atoms with Gasteiger partial charge in [-0.3, -0.25) is 10.1 Å². The number of carbonyl (C=O) groups excluding carboxylic acids is 1. The molecule has 1 saturated heterocycles. The van der Waals surface area contributed by atoms with Gasteiger partial charge in [0.05, 0.1) is 17.1 Å². The first-order chi connectivity index (χ1) is 14.3. The maximum Gasteiger partial charge on any atom is 0.353 e. The van der Waals surface area contributed by atoms with Crippen molar-refractivity contribution in [3.63, 3.8) is 0 Å². The maximum absolute atomic E-state index is 12.0. The van der Waals surface area contributed by atoms with Crippen LogP contribution >= 0.6 is 0 Å². The summed E-state index contributed by atoms with van der Waals surface area (Å²) in [5.74, 6) is 0.266. The highest BCUT2D eigenvalue weighted by Gasteiger charge is 2.28. The van der Waals surface area contributed by atoms with Crippen LogP contribution in [-0.2, 0) is 4.74 Å². The molecule has 0 amide bonds. The van der Waals surface area contributed by atoms with Crippen molar-refractivity contribution in [3.8, 4) is 0 Å². The summed E-state index contributed by atoms with van der Waals surface area (Å²) in [5, 5.41) is 14.8. The van der Waals surface area contributed by atoms with Gasteiger partial charge < -0.3 is 19.9 Å². The number of nitrogens with zero attached hydrogens (tertiary/aromatic N) is 5. The largest absolute Gasteiger partial charge is 0.462 e. The first-order valence-electron chi connectivity index (χ1n) is 9.82. The van der Waals surface area contributed by atoms with Crippen LogP contribution in [0.5, 0.6) is 0 Å². The quantitative estimate of drug-likeness (QED) is 0.415. The van der Waals surface area contributed by atoms with E-state index in [-0.39, 0.29) is 17.4 Å². The fourth-order valence-electron chi connectivity index (χ4n) is 3.03. The third-order valence-electron chi connectivity index (χ3n) is 4.72. The van der Waals surface area contributed by atoms with Crippen LogP contribution in [0.3, 0.4) is 0 Å². The van der Waals surface area contributed by atoms with Crippen LogP contribution in [0.1, 0.15) is 24.2 Å². The van der Waals surface area contributed by atoms with Gasteiger partial charge in [-0.25, -0.2) is 14.8 Å². The summed E-state index contributed by atoms with van der Waals surface area (Å²) in [7, 11) is 2.01. The van der Waals surface area contributed by atoms with Gasteiger partial charge in [-0.1, -0.05) is 13.8 Å². The second kappa shape index (κ2) is 9.49. The number of likely N-dealkylation sites (N-methyl/N-ethyl adjacent to an activating group) is 1. The van der Waals surface area contributed by atoms with Crippen molar-refractivity contribution in [1.29, 1.82) is 0 Å². The molecule has 10 heteroatoms. The highest BCUT2D eigenvalue weighted by molar-refractivity contribution is 5.90. The number of hydrogen-bond donors (Lipinski definition) is 1. The van der Waals surface area contributed by atoms with E-state index in [0.29, 0.717) is 36.8 Å². The fourth-order valence-corrected chi connectivity index (χ4v) is 3.03. The van der Waals surface area contributed by atoms with Gasteiger partial charge in [-0.15, -0.1) is 0 Å². The third-order valence-corrected chi connectivity index (χ3v) is 4.72. The average Bonchev–Trinajstić information content (AvgIpc) is 2.72. The Balaban J connectivity index is 1.78. The first-order valence-corrected chi connectivity index (χ1v) is 9.82. The van der Waals surface area contributed by atoms with Gasteiger partial charge in [0.15, 0.2) is 0 Å².